The van der Waals surface area contributed by atoms with Gasteiger partial charge in [-0.25, -0.2) is 9.78 Å². The number of carbonyl (C=O) groups excluding carboxylic acids is 1. The van der Waals surface area contributed by atoms with Crippen molar-refractivity contribution in [2.75, 3.05) is 7.11 Å². The van der Waals surface area contributed by atoms with E-state index in [1.807, 2.05) is 30.3 Å². The van der Waals surface area contributed by atoms with Crippen molar-refractivity contribution >= 4 is 17.6 Å². The summed E-state index contributed by atoms with van der Waals surface area (Å²) < 4.78 is 16.4. The Morgan fingerprint density at radius 3 is 2.48 bits per heavy atom. The molecule has 0 fully saturated rings. The lowest BCUT2D eigenvalue weighted by Gasteiger charge is -2.12. The number of hydrogen-bond acceptors (Lipinski definition) is 5. The van der Waals surface area contributed by atoms with Gasteiger partial charge < -0.3 is 14.2 Å². The van der Waals surface area contributed by atoms with Gasteiger partial charge in [0.05, 0.1) is 12.7 Å². The first kappa shape index (κ1) is 18.7. The first-order valence-corrected chi connectivity index (χ1v) is 8.66. The Hall–Kier alpha value is -3.05. The van der Waals surface area contributed by atoms with Crippen LogP contribution >= 0.6 is 11.6 Å². The number of benzene rings is 2. The fourth-order valence-electron chi connectivity index (χ4n) is 2.37. The number of methoxy groups -OCH3 is 1. The van der Waals surface area contributed by atoms with E-state index >= 15 is 0 Å². The highest BCUT2D eigenvalue weighted by Crippen LogP contribution is 2.29. The van der Waals surface area contributed by atoms with Crippen LogP contribution in [0.1, 0.15) is 21.5 Å². The smallest absolute Gasteiger partial charge is 0.338 e. The van der Waals surface area contributed by atoms with Crippen molar-refractivity contribution in [3.05, 3.63) is 88.7 Å². The summed E-state index contributed by atoms with van der Waals surface area (Å²) in [4.78, 5) is 16.2. The van der Waals surface area contributed by atoms with E-state index in [0.29, 0.717) is 28.8 Å². The summed E-state index contributed by atoms with van der Waals surface area (Å²) in [7, 11) is 1.53. The van der Waals surface area contributed by atoms with Crippen LogP contribution in [0.4, 0.5) is 0 Å². The van der Waals surface area contributed by atoms with E-state index in [0.717, 1.165) is 11.1 Å². The summed E-state index contributed by atoms with van der Waals surface area (Å²) >= 11 is 5.74. The van der Waals surface area contributed by atoms with Gasteiger partial charge in [0.15, 0.2) is 11.5 Å². The van der Waals surface area contributed by atoms with Crippen LogP contribution in [0.25, 0.3) is 0 Å². The Morgan fingerprint density at radius 2 is 1.78 bits per heavy atom. The lowest BCUT2D eigenvalue weighted by atomic mass is 10.2. The predicted octanol–water partition coefficient (Wildman–Crippen LogP) is 4.68. The maximum atomic E-state index is 12.3. The zero-order valence-electron chi connectivity index (χ0n) is 14.7. The number of ether oxygens (including phenoxy) is 3. The van der Waals surface area contributed by atoms with E-state index in [2.05, 4.69) is 4.98 Å². The molecule has 0 aliphatic rings. The van der Waals surface area contributed by atoms with Gasteiger partial charge in [-0.05, 0) is 29.8 Å². The number of carbonyl (C=O) groups is 1. The van der Waals surface area contributed by atoms with Crippen LogP contribution in [-0.2, 0) is 18.0 Å². The van der Waals surface area contributed by atoms with Crippen molar-refractivity contribution in [2.24, 2.45) is 0 Å². The molecule has 0 aliphatic heterocycles. The zero-order chi connectivity index (χ0) is 19.1. The molecule has 138 valence electrons. The van der Waals surface area contributed by atoms with Crippen LogP contribution in [0.2, 0.25) is 5.15 Å². The molecule has 0 amide bonds. The predicted molar refractivity (Wildman–Crippen MR) is 102 cm³/mol. The maximum absolute atomic E-state index is 12.3. The van der Waals surface area contributed by atoms with Crippen LogP contribution in [0.15, 0.2) is 66.9 Å². The highest BCUT2D eigenvalue weighted by atomic mass is 35.5. The van der Waals surface area contributed by atoms with Gasteiger partial charge in [0.2, 0.25) is 0 Å². The average molecular weight is 384 g/mol. The Morgan fingerprint density at radius 1 is 0.963 bits per heavy atom. The number of hydrogen-bond donors (Lipinski definition) is 0. The molecule has 0 bridgehead atoms. The Bertz CT molecular complexity index is 898. The van der Waals surface area contributed by atoms with Crippen LogP contribution in [0.3, 0.4) is 0 Å². The fraction of sp³-hybridized carbons (Fsp3) is 0.143. The third-order valence-corrected chi connectivity index (χ3v) is 4.02. The monoisotopic (exact) mass is 383 g/mol. The van der Waals surface area contributed by atoms with Crippen LogP contribution in [0, 0.1) is 0 Å². The number of halogens is 1. The van der Waals surface area contributed by atoms with Crippen molar-refractivity contribution < 1.29 is 19.0 Å². The summed E-state index contributed by atoms with van der Waals surface area (Å²) in [5.74, 6) is 0.561. The second-order valence-corrected chi connectivity index (χ2v) is 6.09. The van der Waals surface area contributed by atoms with Gasteiger partial charge in [-0.1, -0.05) is 48.0 Å². The third kappa shape index (κ3) is 5.21. The lowest BCUT2D eigenvalue weighted by Crippen LogP contribution is -2.06. The molecule has 0 radical (unpaired) electrons. The van der Waals surface area contributed by atoms with Gasteiger partial charge in [-0.15, -0.1) is 0 Å². The molecular weight excluding hydrogens is 366 g/mol. The number of aromatic nitrogens is 1. The number of rotatable bonds is 7. The minimum Gasteiger partial charge on any atom is -0.493 e. The van der Waals surface area contributed by atoms with Gasteiger partial charge in [0.25, 0.3) is 0 Å². The van der Waals surface area contributed by atoms with Crippen molar-refractivity contribution in [2.45, 2.75) is 13.2 Å². The van der Waals surface area contributed by atoms with E-state index in [9.17, 15) is 4.79 Å². The molecule has 0 saturated carbocycles. The van der Waals surface area contributed by atoms with Crippen LogP contribution < -0.4 is 9.47 Å². The molecule has 0 aliphatic carbocycles. The Balaban J connectivity index is 1.63. The van der Waals surface area contributed by atoms with Gasteiger partial charge in [-0.2, -0.15) is 0 Å². The van der Waals surface area contributed by atoms with Crippen molar-refractivity contribution in [3.63, 3.8) is 0 Å². The molecule has 1 aromatic heterocycles. The molecule has 1 heterocycles. The minimum absolute atomic E-state index is 0.109. The highest BCUT2D eigenvalue weighted by Gasteiger charge is 2.13. The molecule has 0 atom stereocenters. The van der Waals surface area contributed by atoms with Gasteiger partial charge in [0, 0.05) is 11.8 Å². The van der Waals surface area contributed by atoms with E-state index in [1.54, 1.807) is 36.5 Å². The summed E-state index contributed by atoms with van der Waals surface area (Å²) in [6, 6.07) is 18.1. The second-order valence-electron chi connectivity index (χ2n) is 5.71. The van der Waals surface area contributed by atoms with Gasteiger partial charge >= 0.3 is 5.97 Å². The van der Waals surface area contributed by atoms with E-state index in [4.69, 9.17) is 25.8 Å². The second kappa shape index (κ2) is 9.05. The number of nitrogens with zero attached hydrogens (tertiary/aromatic N) is 1. The SMILES string of the molecule is COc1cc(C(=O)OCc2ccc(Cl)nc2)ccc1OCc1ccccc1. The summed E-state index contributed by atoms with van der Waals surface area (Å²) in [6.45, 7) is 0.516. The Labute approximate surface area is 162 Å². The molecule has 3 rings (SSSR count). The summed E-state index contributed by atoms with van der Waals surface area (Å²) in [6.07, 6.45) is 1.57. The molecule has 0 unspecified atom stereocenters. The molecule has 0 spiro atoms. The molecule has 27 heavy (non-hydrogen) atoms. The van der Waals surface area contributed by atoms with Crippen molar-refractivity contribution in [1.29, 1.82) is 0 Å². The normalized spacial score (nSPS) is 10.3. The quantitative estimate of drug-likeness (QED) is 0.438. The van der Waals surface area contributed by atoms with E-state index in [-0.39, 0.29) is 6.61 Å². The molecule has 5 nitrogen and oxygen atoms in total. The maximum Gasteiger partial charge on any atom is 0.338 e. The minimum atomic E-state index is -0.460. The fourth-order valence-corrected chi connectivity index (χ4v) is 2.48. The molecule has 0 saturated heterocycles. The third-order valence-electron chi connectivity index (χ3n) is 3.80. The topological polar surface area (TPSA) is 57.7 Å². The van der Waals surface area contributed by atoms with Crippen LogP contribution in [-0.4, -0.2) is 18.1 Å². The Kier molecular flexibility index (Phi) is 6.28. The molecule has 3 aromatic rings. The first-order valence-electron chi connectivity index (χ1n) is 8.28. The average Bonchev–Trinajstić information content (AvgIpc) is 2.72. The van der Waals surface area contributed by atoms with E-state index < -0.39 is 5.97 Å². The molecular formula is C21H18ClNO4. The molecule has 2 aromatic carbocycles. The van der Waals surface area contributed by atoms with E-state index in [1.165, 1.54) is 7.11 Å². The van der Waals surface area contributed by atoms with Gasteiger partial charge in [0.1, 0.15) is 18.4 Å². The highest BCUT2D eigenvalue weighted by molar-refractivity contribution is 6.29. The first-order chi connectivity index (χ1) is 13.2. The van der Waals surface area contributed by atoms with Gasteiger partial charge in [-0.3, -0.25) is 0 Å². The standard InChI is InChI=1S/C21H18ClNO4/c1-25-19-11-17(21(24)27-14-16-7-10-20(22)23-12-16)8-9-18(19)26-13-15-5-3-2-4-6-15/h2-12H,13-14H2,1H3. The van der Waals surface area contributed by atoms with Crippen molar-refractivity contribution in [3.8, 4) is 11.5 Å². The molecule has 0 N–H and O–H groups in total. The summed E-state index contributed by atoms with van der Waals surface area (Å²) in [5, 5.41) is 0.390. The van der Waals surface area contributed by atoms with Crippen LogP contribution in [0.5, 0.6) is 11.5 Å². The van der Waals surface area contributed by atoms with Crippen molar-refractivity contribution in [1.82, 2.24) is 4.98 Å². The summed E-state index contributed by atoms with van der Waals surface area (Å²) in [5.41, 5.74) is 2.17. The largest absolute Gasteiger partial charge is 0.493 e. The number of pyridine rings is 1. The lowest BCUT2D eigenvalue weighted by molar-refractivity contribution is 0.0472. The zero-order valence-corrected chi connectivity index (χ0v) is 15.5. The molecule has 6 heteroatoms. The number of esters is 1.